The van der Waals surface area contributed by atoms with Crippen LogP contribution < -0.4 is 15.2 Å². The number of hydrogen-bond donors (Lipinski definition) is 1. The van der Waals surface area contributed by atoms with Crippen LogP contribution in [0.3, 0.4) is 0 Å². The van der Waals surface area contributed by atoms with Crippen molar-refractivity contribution in [3.8, 4) is 11.5 Å². The largest absolute Gasteiger partial charge is 0.496 e. The van der Waals surface area contributed by atoms with Crippen LogP contribution in [-0.2, 0) is 15.3 Å². The van der Waals surface area contributed by atoms with E-state index in [2.05, 4.69) is 0 Å². The first-order valence-electron chi connectivity index (χ1n) is 7.05. The topological polar surface area (TPSA) is 78.6 Å². The first kappa shape index (κ1) is 16.1. The molecule has 5 nitrogen and oxygen atoms in total. The molecular formula is C15H23NO4S. The van der Waals surface area contributed by atoms with E-state index in [-0.39, 0.29) is 10.3 Å². The highest BCUT2D eigenvalue weighted by molar-refractivity contribution is 7.90. The maximum absolute atomic E-state index is 12.3. The molecule has 118 valence electrons. The second-order valence-electron chi connectivity index (χ2n) is 5.64. The van der Waals surface area contributed by atoms with Crippen LogP contribution in [0.25, 0.3) is 0 Å². The fourth-order valence-electron chi connectivity index (χ4n) is 3.35. The summed E-state index contributed by atoms with van der Waals surface area (Å²) in [5, 5.41) is 0. The molecular weight excluding hydrogens is 290 g/mol. The molecule has 6 heteroatoms. The molecule has 0 atom stereocenters. The van der Waals surface area contributed by atoms with Crippen LogP contribution in [0.2, 0.25) is 0 Å². The van der Waals surface area contributed by atoms with Gasteiger partial charge in [0.05, 0.1) is 14.2 Å². The molecule has 0 heterocycles. The summed E-state index contributed by atoms with van der Waals surface area (Å²) < 4.78 is 35.4. The third kappa shape index (κ3) is 2.74. The van der Waals surface area contributed by atoms with Crippen LogP contribution in [0, 0.1) is 0 Å². The molecule has 1 aliphatic carbocycles. The van der Waals surface area contributed by atoms with Gasteiger partial charge < -0.3 is 15.2 Å². The predicted octanol–water partition coefficient (Wildman–Crippen LogP) is 1.88. The summed E-state index contributed by atoms with van der Waals surface area (Å²) in [5.74, 6) is 0.927. The van der Waals surface area contributed by atoms with Gasteiger partial charge in [-0.2, -0.15) is 0 Å². The maximum atomic E-state index is 12.3. The molecule has 0 aliphatic heterocycles. The van der Waals surface area contributed by atoms with Crippen LogP contribution in [0.1, 0.15) is 31.2 Å². The minimum Gasteiger partial charge on any atom is -0.496 e. The zero-order chi connectivity index (χ0) is 15.7. The molecule has 0 aromatic heterocycles. The minimum atomic E-state index is -3.46. The highest BCUT2D eigenvalue weighted by atomic mass is 32.2. The molecule has 0 radical (unpaired) electrons. The Morgan fingerprint density at radius 3 is 2.10 bits per heavy atom. The van der Waals surface area contributed by atoms with Crippen molar-refractivity contribution in [1.82, 2.24) is 0 Å². The molecule has 2 N–H and O–H groups in total. The van der Waals surface area contributed by atoms with E-state index in [0.29, 0.717) is 23.6 Å². The Hall–Kier alpha value is -1.27. The average Bonchev–Trinajstić information content (AvgIpc) is 2.94. The van der Waals surface area contributed by atoms with Crippen molar-refractivity contribution in [2.75, 3.05) is 27.0 Å². The number of hydrogen-bond acceptors (Lipinski definition) is 5. The molecule has 1 fully saturated rings. The Labute approximate surface area is 126 Å². The van der Waals surface area contributed by atoms with E-state index >= 15 is 0 Å². The second kappa shape index (κ2) is 5.85. The van der Waals surface area contributed by atoms with E-state index in [1.807, 2.05) is 0 Å². The zero-order valence-corrected chi connectivity index (χ0v) is 13.6. The van der Waals surface area contributed by atoms with Crippen LogP contribution >= 0.6 is 0 Å². The lowest BCUT2D eigenvalue weighted by Crippen LogP contribution is -2.34. The van der Waals surface area contributed by atoms with Crippen molar-refractivity contribution in [3.63, 3.8) is 0 Å². The van der Waals surface area contributed by atoms with E-state index in [1.165, 1.54) is 13.4 Å². The summed E-state index contributed by atoms with van der Waals surface area (Å²) in [7, 11) is -0.427. The second-order valence-corrected chi connectivity index (χ2v) is 7.59. The molecule has 0 unspecified atom stereocenters. The lowest BCUT2D eigenvalue weighted by atomic mass is 9.78. The summed E-state index contributed by atoms with van der Waals surface area (Å²) in [6.45, 7) is 0.402. The molecule has 0 spiro atoms. The van der Waals surface area contributed by atoms with Crippen LogP contribution in [0.4, 0.5) is 0 Å². The number of nitrogens with two attached hydrogens (primary N) is 1. The third-order valence-corrected chi connectivity index (χ3v) is 5.52. The van der Waals surface area contributed by atoms with Crippen molar-refractivity contribution < 1.29 is 17.9 Å². The van der Waals surface area contributed by atoms with Gasteiger partial charge in [0.15, 0.2) is 9.84 Å². The van der Waals surface area contributed by atoms with Crippen molar-refractivity contribution in [1.29, 1.82) is 0 Å². The molecule has 1 aliphatic rings. The highest BCUT2D eigenvalue weighted by Crippen LogP contribution is 2.49. The summed E-state index contributed by atoms with van der Waals surface area (Å²) in [6, 6.07) is 3.40. The Morgan fingerprint density at radius 2 is 1.67 bits per heavy atom. The quantitative estimate of drug-likeness (QED) is 0.898. The standard InChI is InChI=1S/C15H23NO4S/c1-19-11-6-7-12(20-2)14(21(3,17)18)13(11)15(10-16)8-4-5-9-15/h6-7H,4-5,8-10,16H2,1-3H3. The molecule has 0 bridgehead atoms. The fourth-order valence-corrected chi connectivity index (χ4v) is 4.56. The van der Waals surface area contributed by atoms with Gasteiger partial charge in [-0.1, -0.05) is 12.8 Å². The smallest absolute Gasteiger partial charge is 0.179 e. The Kier molecular flexibility index (Phi) is 4.49. The van der Waals surface area contributed by atoms with Gasteiger partial charge in [0.2, 0.25) is 0 Å². The first-order valence-corrected chi connectivity index (χ1v) is 8.94. The predicted molar refractivity (Wildman–Crippen MR) is 81.9 cm³/mol. The fraction of sp³-hybridized carbons (Fsp3) is 0.600. The van der Waals surface area contributed by atoms with Gasteiger partial charge in [-0.25, -0.2) is 8.42 Å². The van der Waals surface area contributed by atoms with E-state index in [1.54, 1.807) is 19.2 Å². The van der Waals surface area contributed by atoms with Crippen molar-refractivity contribution in [3.05, 3.63) is 17.7 Å². The SMILES string of the molecule is COc1ccc(OC)c(S(C)(=O)=O)c1C1(CN)CCCC1. The summed E-state index contributed by atoms with van der Waals surface area (Å²) in [6.07, 6.45) is 5.03. The molecule has 0 saturated heterocycles. The minimum absolute atomic E-state index is 0.219. The van der Waals surface area contributed by atoms with Crippen molar-refractivity contribution in [2.45, 2.75) is 36.0 Å². The molecule has 1 aromatic carbocycles. The van der Waals surface area contributed by atoms with Gasteiger partial charge in [0.25, 0.3) is 0 Å². The summed E-state index contributed by atoms with van der Waals surface area (Å²) in [5.41, 5.74) is 6.37. The monoisotopic (exact) mass is 313 g/mol. The molecule has 1 aromatic rings. The zero-order valence-electron chi connectivity index (χ0n) is 12.8. The molecule has 21 heavy (non-hydrogen) atoms. The third-order valence-electron chi connectivity index (χ3n) is 4.38. The Bertz CT molecular complexity index is 619. The Morgan fingerprint density at radius 1 is 1.14 bits per heavy atom. The number of rotatable bonds is 5. The van der Waals surface area contributed by atoms with Gasteiger partial charge in [-0.05, 0) is 25.0 Å². The normalized spacial score (nSPS) is 17.7. The van der Waals surface area contributed by atoms with Gasteiger partial charge in [-0.15, -0.1) is 0 Å². The summed E-state index contributed by atoms with van der Waals surface area (Å²) in [4.78, 5) is 0.219. The van der Waals surface area contributed by atoms with E-state index in [9.17, 15) is 8.42 Å². The van der Waals surface area contributed by atoms with Gasteiger partial charge >= 0.3 is 0 Å². The van der Waals surface area contributed by atoms with Crippen molar-refractivity contribution >= 4 is 9.84 Å². The van der Waals surface area contributed by atoms with Crippen LogP contribution in [-0.4, -0.2) is 35.4 Å². The molecule has 0 amide bonds. The lowest BCUT2D eigenvalue weighted by molar-refractivity contribution is 0.357. The van der Waals surface area contributed by atoms with Crippen LogP contribution in [0.15, 0.2) is 17.0 Å². The Balaban J connectivity index is 2.83. The first-order chi connectivity index (χ1) is 9.89. The van der Waals surface area contributed by atoms with E-state index in [0.717, 1.165) is 25.7 Å². The van der Waals surface area contributed by atoms with E-state index in [4.69, 9.17) is 15.2 Å². The van der Waals surface area contributed by atoms with Crippen LogP contribution in [0.5, 0.6) is 11.5 Å². The maximum Gasteiger partial charge on any atom is 0.179 e. The number of benzene rings is 1. The molecule has 2 rings (SSSR count). The van der Waals surface area contributed by atoms with Gasteiger partial charge in [0.1, 0.15) is 16.4 Å². The number of methoxy groups -OCH3 is 2. The lowest BCUT2D eigenvalue weighted by Gasteiger charge is -2.32. The van der Waals surface area contributed by atoms with E-state index < -0.39 is 9.84 Å². The van der Waals surface area contributed by atoms with Crippen molar-refractivity contribution in [2.24, 2.45) is 5.73 Å². The molecule has 1 saturated carbocycles. The summed E-state index contributed by atoms with van der Waals surface area (Å²) >= 11 is 0. The average molecular weight is 313 g/mol. The highest BCUT2D eigenvalue weighted by Gasteiger charge is 2.41. The van der Waals surface area contributed by atoms with Gasteiger partial charge in [-0.3, -0.25) is 0 Å². The number of sulfone groups is 1. The van der Waals surface area contributed by atoms with Gasteiger partial charge in [0, 0.05) is 23.8 Å². The number of ether oxygens (including phenoxy) is 2.